The summed E-state index contributed by atoms with van der Waals surface area (Å²) in [5, 5.41) is 2.92. The number of hydrogen-bond donors (Lipinski definition) is 1. The van der Waals surface area contributed by atoms with E-state index in [2.05, 4.69) is 19.0 Å². The van der Waals surface area contributed by atoms with Gasteiger partial charge < -0.3 is 19.9 Å². The first-order chi connectivity index (χ1) is 11.3. The Morgan fingerprint density at radius 2 is 2.00 bits per heavy atom. The van der Waals surface area contributed by atoms with Gasteiger partial charge in [-0.25, -0.2) is 4.79 Å². The number of amides is 2. The van der Waals surface area contributed by atoms with E-state index < -0.39 is 0 Å². The lowest BCUT2D eigenvalue weighted by Gasteiger charge is -2.34. The Balaban J connectivity index is 1.51. The molecular formula is C15H19N5O2S. The van der Waals surface area contributed by atoms with E-state index in [1.165, 1.54) is 11.7 Å². The second kappa shape index (κ2) is 7.28. The molecule has 0 radical (unpaired) electrons. The van der Waals surface area contributed by atoms with Crippen LogP contribution in [-0.2, 0) is 0 Å². The largest absolute Gasteiger partial charge is 0.494 e. The molecule has 8 heteroatoms. The molecule has 7 nitrogen and oxygen atoms in total. The number of anilines is 2. The molecule has 1 aromatic carbocycles. The Kier molecular flexibility index (Phi) is 4.92. The van der Waals surface area contributed by atoms with Gasteiger partial charge in [0.25, 0.3) is 0 Å². The molecule has 0 saturated carbocycles. The van der Waals surface area contributed by atoms with Crippen molar-refractivity contribution in [3.63, 3.8) is 0 Å². The minimum absolute atomic E-state index is 0.0785. The van der Waals surface area contributed by atoms with Crippen LogP contribution < -0.4 is 15.0 Å². The number of benzene rings is 1. The van der Waals surface area contributed by atoms with E-state index >= 15 is 0 Å². The van der Waals surface area contributed by atoms with E-state index in [0.717, 1.165) is 30.3 Å². The van der Waals surface area contributed by atoms with Crippen molar-refractivity contribution in [2.24, 2.45) is 0 Å². The van der Waals surface area contributed by atoms with E-state index in [9.17, 15) is 4.79 Å². The van der Waals surface area contributed by atoms with Crippen LogP contribution in [0.5, 0.6) is 5.75 Å². The molecule has 1 N–H and O–H groups in total. The highest BCUT2D eigenvalue weighted by molar-refractivity contribution is 6.99. The lowest BCUT2D eigenvalue weighted by atomic mass is 10.3. The van der Waals surface area contributed by atoms with Gasteiger partial charge in [0.1, 0.15) is 5.75 Å². The summed E-state index contributed by atoms with van der Waals surface area (Å²) in [5.74, 6) is 1.69. The molecule has 2 aromatic rings. The van der Waals surface area contributed by atoms with Gasteiger partial charge in [0.05, 0.1) is 24.5 Å². The molecule has 0 aliphatic carbocycles. The van der Waals surface area contributed by atoms with Gasteiger partial charge in [-0.3, -0.25) is 0 Å². The number of hydrogen-bond acceptors (Lipinski definition) is 6. The lowest BCUT2D eigenvalue weighted by molar-refractivity contribution is 0.208. The summed E-state index contributed by atoms with van der Waals surface area (Å²) in [6.07, 6.45) is 1.76. The fourth-order valence-electron chi connectivity index (χ4n) is 2.44. The number of nitrogens with zero attached hydrogens (tertiary/aromatic N) is 4. The zero-order chi connectivity index (χ0) is 16.1. The molecule has 0 bridgehead atoms. The number of rotatable bonds is 4. The highest BCUT2D eigenvalue weighted by Crippen LogP contribution is 2.17. The van der Waals surface area contributed by atoms with Gasteiger partial charge in [0.15, 0.2) is 5.82 Å². The van der Waals surface area contributed by atoms with E-state index in [1.54, 1.807) is 6.20 Å². The van der Waals surface area contributed by atoms with Crippen LogP contribution in [0, 0.1) is 0 Å². The normalized spacial score (nSPS) is 14.7. The third-order valence-electron chi connectivity index (χ3n) is 3.66. The van der Waals surface area contributed by atoms with Crippen LogP contribution in [0.3, 0.4) is 0 Å². The van der Waals surface area contributed by atoms with E-state index in [4.69, 9.17) is 4.74 Å². The van der Waals surface area contributed by atoms with Crippen molar-refractivity contribution in [2.45, 2.75) is 6.92 Å². The van der Waals surface area contributed by atoms with E-state index in [0.29, 0.717) is 19.7 Å². The summed E-state index contributed by atoms with van der Waals surface area (Å²) in [6.45, 7) is 5.44. The molecule has 1 aliphatic heterocycles. The minimum Gasteiger partial charge on any atom is -0.494 e. The average Bonchev–Trinajstić information content (AvgIpc) is 3.11. The predicted octanol–water partition coefficient (Wildman–Crippen LogP) is 2.29. The summed E-state index contributed by atoms with van der Waals surface area (Å²) in [4.78, 5) is 16.3. The molecule has 122 valence electrons. The maximum atomic E-state index is 12.3. The smallest absolute Gasteiger partial charge is 0.321 e. The second-order valence-corrected chi connectivity index (χ2v) is 5.68. The number of ether oxygens (including phenoxy) is 1. The number of carbonyl (C=O) groups is 1. The highest BCUT2D eigenvalue weighted by Gasteiger charge is 2.22. The van der Waals surface area contributed by atoms with Gasteiger partial charge >= 0.3 is 6.03 Å². The standard InChI is InChI=1S/C15H19N5O2S/c1-2-22-13-5-3-12(4-6-13)17-15(21)20-9-7-19(8-10-20)14-11-16-23-18-14/h3-6,11H,2,7-10H2,1H3,(H,17,21). The van der Waals surface area contributed by atoms with E-state index in [-0.39, 0.29) is 6.03 Å². The summed E-state index contributed by atoms with van der Waals surface area (Å²) in [5.41, 5.74) is 0.768. The Bertz CT molecular complexity index is 624. The summed E-state index contributed by atoms with van der Waals surface area (Å²) < 4.78 is 13.6. The first-order valence-electron chi connectivity index (χ1n) is 7.57. The second-order valence-electron chi connectivity index (χ2n) is 5.13. The maximum absolute atomic E-state index is 12.3. The van der Waals surface area contributed by atoms with Crippen LogP contribution in [0.15, 0.2) is 30.5 Å². The van der Waals surface area contributed by atoms with Crippen LogP contribution >= 0.6 is 11.7 Å². The van der Waals surface area contributed by atoms with Crippen molar-refractivity contribution in [2.75, 3.05) is 43.0 Å². The number of carbonyl (C=O) groups excluding carboxylic acids is 1. The molecule has 0 spiro atoms. The minimum atomic E-state index is -0.0785. The van der Waals surface area contributed by atoms with Gasteiger partial charge in [-0.1, -0.05) is 0 Å². The zero-order valence-corrected chi connectivity index (χ0v) is 13.8. The SMILES string of the molecule is CCOc1ccc(NC(=O)N2CCN(c3cnsn3)CC2)cc1. The van der Waals surface area contributed by atoms with Gasteiger partial charge in [0, 0.05) is 31.9 Å². The molecule has 1 aliphatic rings. The Labute approximate surface area is 139 Å². The highest BCUT2D eigenvalue weighted by atomic mass is 32.1. The molecular weight excluding hydrogens is 314 g/mol. The molecule has 1 saturated heterocycles. The van der Waals surface area contributed by atoms with Crippen LogP contribution in [-0.4, -0.2) is 52.5 Å². The molecule has 23 heavy (non-hydrogen) atoms. The number of urea groups is 1. The molecule has 0 unspecified atom stereocenters. The lowest BCUT2D eigenvalue weighted by Crippen LogP contribution is -2.50. The fourth-order valence-corrected chi connectivity index (χ4v) is 2.88. The van der Waals surface area contributed by atoms with Crippen molar-refractivity contribution in [1.29, 1.82) is 0 Å². The quantitative estimate of drug-likeness (QED) is 0.929. The Morgan fingerprint density at radius 1 is 1.26 bits per heavy atom. The maximum Gasteiger partial charge on any atom is 0.321 e. The molecule has 2 heterocycles. The van der Waals surface area contributed by atoms with Crippen molar-refractivity contribution >= 4 is 29.3 Å². The van der Waals surface area contributed by atoms with E-state index in [1.807, 2.05) is 36.1 Å². The first kappa shape index (κ1) is 15.5. The zero-order valence-electron chi connectivity index (χ0n) is 12.9. The fraction of sp³-hybridized carbons (Fsp3) is 0.400. The monoisotopic (exact) mass is 333 g/mol. The van der Waals surface area contributed by atoms with Crippen LogP contribution in [0.25, 0.3) is 0 Å². The van der Waals surface area contributed by atoms with Crippen LogP contribution in [0.2, 0.25) is 0 Å². The third-order valence-corrected chi connectivity index (χ3v) is 4.13. The van der Waals surface area contributed by atoms with Gasteiger partial charge in [-0.05, 0) is 31.2 Å². The molecule has 3 rings (SSSR count). The van der Waals surface area contributed by atoms with Gasteiger partial charge in [-0.15, -0.1) is 0 Å². The van der Waals surface area contributed by atoms with Crippen LogP contribution in [0.1, 0.15) is 6.92 Å². The van der Waals surface area contributed by atoms with Gasteiger partial charge in [-0.2, -0.15) is 8.75 Å². The van der Waals surface area contributed by atoms with Crippen molar-refractivity contribution in [3.8, 4) is 5.75 Å². The number of aromatic nitrogens is 2. The molecule has 1 fully saturated rings. The Hall–Kier alpha value is -2.35. The van der Waals surface area contributed by atoms with Crippen molar-refractivity contribution in [3.05, 3.63) is 30.5 Å². The number of nitrogens with one attached hydrogen (secondary N) is 1. The Morgan fingerprint density at radius 3 is 2.61 bits per heavy atom. The summed E-state index contributed by atoms with van der Waals surface area (Å²) in [6, 6.07) is 7.32. The number of piperazine rings is 1. The summed E-state index contributed by atoms with van der Waals surface area (Å²) in [7, 11) is 0. The van der Waals surface area contributed by atoms with Crippen LogP contribution in [0.4, 0.5) is 16.3 Å². The molecule has 1 aromatic heterocycles. The third kappa shape index (κ3) is 3.89. The van der Waals surface area contributed by atoms with Crippen molar-refractivity contribution in [1.82, 2.24) is 13.6 Å². The topological polar surface area (TPSA) is 70.6 Å². The van der Waals surface area contributed by atoms with Crippen molar-refractivity contribution < 1.29 is 9.53 Å². The molecule has 0 atom stereocenters. The van der Waals surface area contributed by atoms with Gasteiger partial charge in [0.2, 0.25) is 0 Å². The molecule has 2 amide bonds. The average molecular weight is 333 g/mol. The summed E-state index contributed by atoms with van der Waals surface area (Å²) >= 11 is 1.20. The predicted molar refractivity (Wildman–Crippen MR) is 90.3 cm³/mol. The first-order valence-corrected chi connectivity index (χ1v) is 8.30.